The SMILES string of the molecule is Cc1cc(=O)oc2cc(O[C@@H]3O[C@H](CO)[C@@H](O[C@@H]4O[C@@H](CO)[C@H](O)[C@@H](O)[C@H]4O)[C@@H](O)[C@H]3O)ccc12. The number of ether oxygens (including phenoxy) is 4. The van der Waals surface area contributed by atoms with E-state index in [1.807, 2.05) is 0 Å². The topological polar surface area (TPSA) is 209 Å². The molecule has 3 heterocycles. The molecule has 0 saturated carbocycles. The van der Waals surface area contributed by atoms with Crippen LogP contribution in [0.1, 0.15) is 5.56 Å². The lowest BCUT2D eigenvalue weighted by Crippen LogP contribution is -2.65. The summed E-state index contributed by atoms with van der Waals surface area (Å²) in [6, 6.07) is 5.94. The van der Waals surface area contributed by atoms with Crippen molar-refractivity contribution in [2.24, 2.45) is 0 Å². The number of hydrogen-bond donors (Lipinski definition) is 7. The maximum absolute atomic E-state index is 11.7. The Kier molecular flexibility index (Phi) is 7.73. The first-order chi connectivity index (χ1) is 16.6. The highest BCUT2D eigenvalue weighted by molar-refractivity contribution is 5.81. The van der Waals surface area contributed by atoms with Gasteiger partial charge in [-0.3, -0.25) is 0 Å². The van der Waals surface area contributed by atoms with Gasteiger partial charge in [0.1, 0.15) is 60.2 Å². The van der Waals surface area contributed by atoms with Crippen molar-refractivity contribution >= 4 is 11.0 Å². The van der Waals surface area contributed by atoms with Gasteiger partial charge in [-0.05, 0) is 24.6 Å². The molecule has 2 fully saturated rings. The zero-order valence-electron chi connectivity index (χ0n) is 18.6. The molecule has 0 unspecified atom stereocenters. The van der Waals surface area contributed by atoms with E-state index >= 15 is 0 Å². The maximum Gasteiger partial charge on any atom is 0.336 e. The largest absolute Gasteiger partial charge is 0.462 e. The summed E-state index contributed by atoms with van der Waals surface area (Å²) in [5.74, 6) is 0.146. The normalized spacial score (nSPS) is 37.9. The highest BCUT2D eigenvalue weighted by Crippen LogP contribution is 2.31. The molecule has 0 radical (unpaired) electrons. The van der Waals surface area contributed by atoms with E-state index in [1.165, 1.54) is 12.1 Å². The number of aryl methyl sites for hydroxylation is 1. The molecule has 1 aromatic carbocycles. The summed E-state index contributed by atoms with van der Waals surface area (Å²) in [4.78, 5) is 11.7. The standard InChI is InChI=1S/C22H28O13/c1-8-4-14(25)32-11-5-9(2-3-10(8)11)31-21-19(30)17(28)20(13(7-24)34-21)35-22-18(29)16(27)15(26)12(6-23)33-22/h2-5,12-13,15-24,26-30H,6-7H2,1H3/t12-,13+,15-,16+,17-,18+,19+,20+,21+,22-/m0/s1. The van der Waals surface area contributed by atoms with Gasteiger partial charge >= 0.3 is 5.63 Å². The van der Waals surface area contributed by atoms with Gasteiger partial charge in [0.25, 0.3) is 0 Å². The summed E-state index contributed by atoms with van der Waals surface area (Å²) < 4.78 is 27.1. The molecule has 2 aliphatic rings. The Hall–Kier alpha value is -2.17. The summed E-state index contributed by atoms with van der Waals surface area (Å²) in [7, 11) is 0. The van der Waals surface area contributed by atoms with E-state index in [-0.39, 0.29) is 11.3 Å². The third-order valence-electron chi connectivity index (χ3n) is 6.14. The first-order valence-corrected chi connectivity index (χ1v) is 10.9. The molecule has 194 valence electrons. The van der Waals surface area contributed by atoms with Crippen LogP contribution in [0.25, 0.3) is 11.0 Å². The van der Waals surface area contributed by atoms with Crippen LogP contribution < -0.4 is 10.4 Å². The number of hydrogen-bond acceptors (Lipinski definition) is 13. The lowest BCUT2D eigenvalue weighted by atomic mass is 9.97. The van der Waals surface area contributed by atoms with E-state index in [0.717, 1.165) is 0 Å². The van der Waals surface area contributed by atoms with Crippen molar-refractivity contribution in [3.63, 3.8) is 0 Å². The first-order valence-electron chi connectivity index (χ1n) is 10.9. The molecule has 35 heavy (non-hydrogen) atoms. The lowest BCUT2D eigenvalue weighted by molar-refractivity contribution is -0.352. The molecule has 0 bridgehead atoms. The van der Waals surface area contributed by atoms with Crippen LogP contribution in [0.2, 0.25) is 0 Å². The molecule has 2 saturated heterocycles. The lowest BCUT2D eigenvalue weighted by Gasteiger charge is -2.45. The van der Waals surface area contributed by atoms with Gasteiger partial charge in [0, 0.05) is 17.5 Å². The molecule has 2 aromatic rings. The fraction of sp³-hybridized carbons (Fsp3) is 0.591. The number of aliphatic hydroxyl groups excluding tert-OH is 7. The van der Waals surface area contributed by atoms with Crippen molar-refractivity contribution in [1.29, 1.82) is 0 Å². The summed E-state index contributed by atoms with van der Waals surface area (Å²) in [6.07, 6.45) is -15.6. The number of fused-ring (bicyclic) bond motifs is 1. The Balaban J connectivity index is 1.50. The Bertz CT molecular complexity index is 1070. The number of rotatable bonds is 6. The zero-order valence-corrected chi connectivity index (χ0v) is 18.6. The molecule has 13 heteroatoms. The van der Waals surface area contributed by atoms with Crippen molar-refractivity contribution in [3.8, 4) is 5.75 Å². The summed E-state index contributed by atoms with van der Waals surface area (Å²) >= 11 is 0. The van der Waals surface area contributed by atoms with Gasteiger partial charge in [-0.2, -0.15) is 0 Å². The van der Waals surface area contributed by atoms with Crippen LogP contribution in [0.5, 0.6) is 5.75 Å². The Morgan fingerprint density at radius 2 is 1.49 bits per heavy atom. The highest BCUT2D eigenvalue weighted by Gasteiger charge is 2.51. The molecule has 7 N–H and O–H groups in total. The number of benzene rings is 1. The third-order valence-corrected chi connectivity index (χ3v) is 6.14. The Morgan fingerprint density at radius 1 is 0.829 bits per heavy atom. The minimum atomic E-state index is -1.76. The van der Waals surface area contributed by atoms with Gasteiger partial charge in [0.15, 0.2) is 6.29 Å². The average molecular weight is 500 g/mol. The monoisotopic (exact) mass is 500 g/mol. The third kappa shape index (κ3) is 5.06. The van der Waals surface area contributed by atoms with E-state index in [0.29, 0.717) is 10.9 Å². The van der Waals surface area contributed by atoms with Crippen molar-refractivity contribution < 1.29 is 59.1 Å². The van der Waals surface area contributed by atoms with Crippen LogP contribution in [-0.4, -0.2) is 110 Å². The van der Waals surface area contributed by atoms with E-state index in [9.17, 15) is 40.5 Å². The van der Waals surface area contributed by atoms with Crippen LogP contribution in [0.15, 0.2) is 33.5 Å². The van der Waals surface area contributed by atoms with E-state index < -0.39 is 80.3 Å². The van der Waals surface area contributed by atoms with Gasteiger partial charge < -0.3 is 59.1 Å². The summed E-state index contributed by atoms with van der Waals surface area (Å²) in [5, 5.41) is 71.1. The van der Waals surface area contributed by atoms with Crippen molar-refractivity contribution in [2.45, 2.75) is 68.3 Å². The fourth-order valence-corrected chi connectivity index (χ4v) is 4.17. The minimum absolute atomic E-state index is 0.146. The van der Waals surface area contributed by atoms with Gasteiger partial charge in [0.2, 0.25) is 6.29 Å². The van der Waals surface area contributed by atoms with Crippen LogP contribution in [0.3, 0.4) is 0 Å². The quantitative estimate of drug-likeness (QED) is 0.199. The predicted molar refractivity (Wildman–Crippen MR) is 114 cm³/mol. The van der Waals surface area contributed by atoms with Gasteiger partial charge in [-0.15, -0.1) is 0 Å². The smallest absolute Gasteiger partial charge is 0.336 e. The van der Waals surface area contributed by atoms with E-state index in [1.54, 1.807) is 19.1 Å². The minimum Gasteiger partial charge on any atom is -0.462 e. The highest BCUT2D eigenvalue weighted by atomic mass is 16.7. The molecule has 10 atom stereocenters. The zero-order chi connectivity index (χ0) is 25.4. The van der Waals surface area contributed by atoms with Gasteiger partial charge in [-0.25, -0.2) is 4.79 Å². The average Bonchev–Trinajstić information content (AvgIpc) is 2.83. The maximum atomic E-state index is 11.7. The van der Waals surface area contributed by atoms with Crippen LogP contribution in [0.4, 0.5) is 0 Å². The summed E-state index contributed by atoms with van der Waals surface area (Å²) in [6.45, 7) is 0.352. The number of aliphatic hydroxyl groups is 7. The van der Waals surface area contributed by atoms with Gasteiger partial charge in [-0.1, -0.05) is 0 Å². The molecular formula is C22H28O13. The second-order valence-electron chi connectivity index (χ2n) is 8.53. The Morgan fingerprint density at radius 3 is 2.17 bits per heavy atom. The molecule has 2 aliphatic heterocycles. The molecule has 0 aliphatic carbocycles. The molecule has 0 spiro atoms. The molecule has 13 nitrogen and oxygen atoms in total. The molecule has 0 amide bonds. The van der Waals surface area contributed by atoms with Crippen molar-refractivity contribution in [1.82, 2.24) is 0 Å². The van der Waals surface area contributed by atoms with Crippen molar-refractivity contribution in [3.05, 3.63) is 40.2 Å². The summed E-state index contributed by atoms with van der Waals surface area (Å²) in [5.41, 5.74) is 0.381. The second-order valence-corrected chi connectivity index (χ2v) is 8.53. The molecule has 4 rings (SSSR count). The Labute approximate surface area is 198 Å². The van der Waals surface area contributed by atoms with E-state index in [4.69, 9.17) is 23.4 Å². The van der Waals surface area contributed by atoms with E-state index in [2.05, 4.69) is 0 Å². The van der Waals surface area contributed by atoms with Crippen LogP contribution in [0, 0.1) is 6.92 Å². The fourth-order valence-electron chi connectivity index (χ4n) is 4.17. The molecule has 1 aromatic heterocycles. The van der Waals surface area contributed by atoms with Crippen LogP contribution in [-0.2, 0) is 14.2 Å². The predicted octanol–water partition coefficient (Wildman–Crippen LogP) is -2.90. The van der Waals surface area contributed by atoms with Gasteiger partial charge in [0.05, 0.1) is 13.2 Å². The second kappa shape index (κ2) is 10.4. The van der Waals surface area contributed by atoms with Crippen molar-refractivity contribution in [2.75, 3.05) is 13.2 Å². The molecular weight excluding hydrogens is 472 g/mol. The first kappa shape index (κ1) is 25.9. The van der Waals surface area contributed by atoms with Crippen LogP contribution >= 0.6 is 0 Å².